The zero-order valence-electron chi connectivity index (χ0n) is 6.97. The summed E-state index contributed by atoms with van der Waals surface area (Å²) in [5.41, 5.74) is 1.02. The van der Waals surface area contributed by atoms with E-state index in [4.69, 9.17) is 0 Å². The van der Waals surface area contributed by atoms with Crippen LogP contribution in [0, 0.1) is 0 Å². The maximum Gasteiger partial charge on any atom is 0.396 e. The molecule has 2 aromatic rings. The van der Waals surface area contributed by atoms with Crippen LogP contribution >= 0.6 is 0 Å². The van der Waals surface area contributed by atoms with Crippen LogP contribution in [0.4, 0.5) is 13.2 Å². The van der Waals surface area contributed by atoms with Gasteiger partial charge in [-0.3, -0.25) is 4.98 Å². The second kappa shape index (κ2) is 2.97. The van der Waals surface area contributed by atoms with Crippen LogP contribution in [0.5, 0.6) is 0 Å². The molecule has 0 radical (unpaired) electrons. The number of fused-ring (bicyclic) bond motifs is 1. The number of hydrogen-bond acceptors (Lipinski definition) is 2. The SMILES string of the molecule is FC(F)(F)Cc1nc2ccncc2[nH]1. The average Bonchev–Trinajstić information content (AvgIpc) is 2.42. The molecule has 0 saturated heterocycles. The van der Waals surface area contributed by atoms with Gasteiger partial charge in [-0.2, -0.15) is 13.2 Å². The van der Waals surface area contributed by atoms with Crippen LogP contribution in [-0.4, -0.2) is 21.1 Å². The lowest BCUT2D eigenvalue weighted by molar-refractivity contribution is -0.128. The van der Waals surface area contributed by atoms with Gasteiger partial charge in [-0.05, 0) is 6.07 Å². The fraction of sp³-hybridized carbons (Fsp3) is 0.250. The van der Waals surface area contributed by atoms with Gasteiger partial charge in [0.1, 0.15) is 12.2 Å². The van der Waals surface area contributed by atoms with Crippen LogP contribution in [-0.2, 0) is 6.42 Å². The summed E-state index contributed by atoms with van der Waals surface area (Å²) in [5.74, 6) is -0.0829. The minimum atomic E-state index is -4.23. The monoisotopic (exact) mass is 201 g/mol. The van der Waals surface area contributed by atoms with Gasteiger partial charge < -0.3 is 4.98 Å². The molecule has 0 amide bonds. The highest BCUT2D eigenvalue weighted by molar-refractivity contribution is 5.73. The molecule has 0 bridgehead atoms. The number of hydrogen-bond donors (Lipinski definition) is 1. The van der Waals surface area contributed by atoms with Crippen LogP contribution in [0.1, 0.15) is 5.82 Å². The van der Waals surface area contributed by atoms with Crippen molar-refractivity contribution in [3.8, 4) is 0 Å². The van der Waals surface area contributed by atoms with Gasteiger partial charge in [0.15, 0.2) is 0 Å². The Hall–Kier alpha value is -1.59. The zero-order valence-corrected chi connectivity index (χ0v) is 6.97. The van der Waals surface area contributed by atoms with Crippen molar-refractivity contribution in [2.75, 3.05) is 0 Å². The second-order valence-corrected chi connectivity index (χ2v) is 2.87. The first-order valence-corrected chi connectivity index (χ1v) is 3.90. The summed E-state index contributed by atoms with van der Waals surface area (Å²) in [6, 6.07) is 1.56. The maximum atomic E-state index is 12.0. The number of imidazole rings is 1. The number of halogens is 3. The standard InChI is InChI=1S/C8H6F3N3/c9-8(10,11)3-7-13-5-1-2-12-4-6(5)14-7/h1-2,4H,3H2,(H,13,14). The summed E-state index contributed by atoms with van der Waals surface area (Å²) >= 11 is 0. The van der Waals surface area contributed by atoms with E-state index in [2.05, 4.69) is 15.0 Å². The smallest absolute Gasteiger partial charge is 0.340 e. The van der Waals surface area contributed by atoms with Crippen molar-refractivity contribution in [1.82, 2.24) is 15.0 Å². The molecule has 0 fully saturated rings. The number of H-pyrrole nitrogens is 1. The Kier molecular flexibility index (Phi) is 1.90. The van der Waals surface area contributed by atoms with Crippen molar-refractivity contribution < 1.29 is 13.2 Å². The molecule has 0 atom stereocenters. The third kappa shape index (κ3) is 1.84. The molecule has 0 aliphatic rings. The van der Waals surface area contributed by atoms with E-state index < -0.39 is 12.6 Å². The molecule has 0 unspecified atom stereocenters. The summed E-state index contributed by atoms with van der Waals surface area (Å²) in [4.78, 5) is 10.1. The van der Waals surface area contributed by atoms with Crippen molar-refractivity contribution in [3.63, 3.8) is 0 Å². The first-order chi connectivity index (χ1) is 6.54. The lowest BCUT2D eigenvalue weighted by Gasteiger charge is -2.01. The molecule has 0 aliphatic carbocycles. The van der Waals surface area contributed by atoms with Gasteiger partial charge in [0, 0.05) is 6.20 Å². The molecular formula is C8H6F3N3. The van der Waals surface area contributed by atoms with E-state index in [1.165, 1.54) is 12.4 Å². The first kappa shape index (κ1) is 8.98. The molecule has 0 saturated carbocycles. The zero-order chi connectivity index (χ0) is 10.2. The minimum absolute atomic E-state index is 0.0829. The van der Waals surface area contributed by atoms with E-state index in [1.54, 1.807) is 6.07 Å². The van der Waals surface area contributed by atoms with Crippen LogP contribution < -0.4 is 0 Å². The Labute approximate surface area is 77.0 Å². The van der Waals surface area contributed by atoms with Crippen LogP contribution in [0.25, 0.3) is 11.0 Å². The van der Waals surface area contributed by atoms with Crippen LogP contribution in [0.3, 0.4) is 0 Å². The molecule has 0 spiro atoms. The number of nitrogens with zero attached hydrogens (tertiary/aromatic N) is 2. The van der Waals surface area contributed by atoms with Crippen molar-refractivity contribution in [1.29, 1.82) is 0 Å². The molecule has 0 aliphatic heterocycles. The Morgan fingerprint density at radius 3 is 2.79 bits per heavy atom. The van der Waals surface area contributed by atoms with Crippen molar-refractivity contribution in [2.24, 2.45) is 0 Å². The quantitative estimate of drug-likeness (QED) is 0.767. The number of pyridine rings is 1. The lowest BCUT2D eigenvalue weighted by atomic mass is 10.4. The predicted octanol–water partition coefficient (Wildman–Crippen LogP) is 2.06. The Balaban J connectivity index is 2.36. The normalized spacial score (nSPS) is 12.2. The number of rotatable bonds is 1. The lowest BCUT2D eigenvalue weighted by Crippen LogP contribution is -2.12. The number of nitrogens with one attached hydrogen (secondary N) is 1. The highest BCUT2D eigenvalue weighted by atomic mass is 19.4. The molecule has 3 nitrogen and oxygen atoms in total. The maximum absolute atomic E-state index is 12.0. The third-order valence-corrected chi connectivity index (χ3v) is 1.70. The topological polar surface area (TPSA) is 41.6 Å². The Morgan fingerprint density at radius 1 is 1.36 bits per heavy atom. The Bertz CT molecular complexity index is 413. The van der Waals surface area contributed by atoms with E-state index in [0.717, 1.165) is 0 Å². The highest BCUT2D eigenvalue weighted by Gasteiger charge is 2.29. The number of aromatic nitrogens is 3. The molecule has 2 aromatic heterocycles. The Morgan fingerprint density at radius 2 is 2.14 bits per heavy atom. The third-order valence-electron chi connectivity index (χ3n) is 1.70. The fourth-order valence-corrected chi connectivity index (χ4v) is 1.18. The molecule has 74 valence electrons. The average molecular weight is 201 g/mol. The van der Waals surface area contributed by atoms with Gasteiger partial charge in [0.2, 0.25) is 0 Å². The fourth-order valence-electron chi connectivity index (χ4n) is 1.18. The van der Waals surface area contributed by atoms with Gasteiger partial charge in [-0.1, -0.05) is 0 Å². The molecule has 2 rings (SSSR count). The van der Waals surface area contributed by atoms with E-state index >= 15 is 0 Å². The van der Waals surface area contributed by atoms with Gasteiger partial charge in [0.05, 0.1) is 17.2 Å². The molecule has 1 N–H and O–H groups in total. The van der Waals surface area contributed by atoms with E-state index in [-0.39, 0.29) is 5.82 Å². The van der Waals surface area contributed by atoms with Crippen LogP contribution in [0.2, 0.25) is 0 Å². The van der Waals surface area contributed by atoms with E-state index in [9.17, 15) is 13.2 Å². The molecule has 0 aromatic carbocycles. The summed E-state index contributed by atoms with van der Waals surface area (Å²) in [6.07, 6.45) is -2.34. The van der Waals surface area contributed by atoms with Gasteiger partial charge in [0.25, 0.3) is 0 Å². The van der Waals surface area contributed by atoms with Gasteiger partial charge >= 0.3 is 6.18 Å². The number of alkyl halides is 3. The highest BCUT2D eigenvalue weighted by Crippen LogP contribution is 2.20. The van der Waals surface area contributed by atoms with E-state index in [0.29, 0.717) is 11.0 Å². The molecule has 2 heterocycles. The summed E-state index contributed by atoms with van der Waals surface area (Å²) in [5, 5.41) is 0. The second-order valence-electron chi connectivity index (χ2n) is 2.87. The number of aromatic amines is 1. The molecule has 6 heteroatoms. The summed E-state index contributed by atoms with van der Waals surface area (Å²) < 4.78 is 36.0. The first-order valence-electron chi connectivity index (χ1n) is 3.90. The van der Waals surface area contributed by atoms with Crippen molar-refractivity contribution in [3.05, 3.63) is 24.3 Å². The van der Waals surface area contributed by atoms with Crippen LogP contribution in [0.15, 0.2) is 18.5 Å². The molecule has 14 heavy (non-hydrogen) atoms. The summed E-state index contributed by atoms with van der Waals surface area (Å²) in [6.45, 7) is 0. The molecular weight excluding hydrogens is 195 g/mol. The van der Waals surface area contributed by atoms with Crippen molar-refractivity contribution >= 4 is 11.0 Å². The van der Waals surface area contributed by atoms with Gasteiger partial charge in [-0.15, -0.1) is 0 Å². The van der Waals surface area contributed by atoms with Gasteiger partial charge in [-0.25, -0.2) is 4.98 Å². The largest absolute Gasteiger partial charge is 0.396 e. The van der Waals surface area contributed by atoms with E-state index in [1.807, 2.05) is 0 Å². The summed E-state index contributed by atoms with van der Waals surface area (Å²) in [7, 11) is 0. The minimum Gasteiger partial charge on any atom is -0.340 e. The predicted molar refractivity (Wildman–Crippen MR) is 43.6 cm³/mol. The van der Waals surface area contributed by atoms with Crippen molar-refractivity contribution in [2.45, 2.75) is 12.6 Å².